The Morgan fingerprint density at radius 2 is 0.695 bits per heavy atom. The Bertz CT molecular complexity index is 833. The van der Waals surface area contributed by atoms with E-state index in [1.807, 2.05) is 6.08 Å². The number of hydrogen-bond donors (Lipinski definition) is 4. The zero-order valence-electron chi connectivity index (χ0n) is 40.2. The van der Waals surface area contributed by atoms with Gasteiger partial charge in [-0.05, 0) is 19.3 Å². The van der Waals surface area contributed by atoms with Crippen molar-refractivity contribution in [3.05, 3.63) is 12.2 Å². The van der Waals surface area contributed by atoms with Gasteiger partial charge in [0.2, 0.25) is 5.91 Å². The summed E-state index contributed by atoms with van der Waals surface area (Å²) in [7, 11) is 0. The van der Waals surface area contributed by atoms with Gasteiger partial charge in [-0.3, -0.25) is 4.79 Å². The lowest BCUT2D eigenvalue weighted by atomic mass is 10.0. The van der Waals surface area contributed by atoms with Crippen LogP contribution in [0.4, 0.5) is 0 Å². The quantitative estimate of drug-likeness (QED) is 0.0363. The molecule has 3 unspecified atom stereocenters. The van der Waals surface area contributed by atoms with Gasteiger partial charge in [-0.15, -0.1) is 0 Å². The monoisotopic (exact) mass is 834 g/mol. The van der Waals surface area contributed by atoms with Gasteiger partial charge >= 0.3 is 0 Å². The van der Waals surface area contributed by atoms with Crippen LogP contribution in [0.3, 0.4) is 0 Å². The Hall–Kier alpha value is -0.910. The molecule has 0 radical (unpaired) electrons. The Balaban J connectivity index is 3.56. The van der Waals surface area contributed by atoms with Crippen molar-refractivity contribution in [1.29, 1.82) is 0 Å². The van der Waals surface area contributed by atoms with E-state index in [1.54, 1.807) is 6.08 Å². The number of aliphatic hydroxyl groups excluding tert-OH is 3. The van der Waals surface area contributed by atoms with E-state index in [-0.39, 0.29) is 18.9 Å². The van der Waals surface area contributed by atoms with Crippen LogP contribution in [0.5, 0.6) is 0 Å². The molecule has 59 heavy (non-hydrogen) atoms. The molecule has 0 spiro atoms. The van der Waals surface area contributed by atoms with Crippen LogP contribution in [0, 0.1) is 0 Å². The lowest BCUT2D eigenvalue weighted by molar-refractivity contribution is -0.124. The number of amides is 1. The molecule has 0 aromatic carbocycles. The smallest absolute Gasteiger partial charge is 0.222 e. The number of carbonyl (C=O) groups is 1. The van der Waals surface area contributed by atoms with Crippen LogP contribution in [-0.4, -0.2) is 46.1 Å². The van der Waals surface area contributed by atoms with E-state index in [9.17, 15) is 20.1 Å². The van der Waals surface area contributed by atoms with Crippen LogP contribution >= 0.6 is 0 Å². The van der Waals surface area contributed by atoms with E-state index in [0.717, 1.165) is 25.7 Å². The second kappa shape index (κ2) is 49.7. The van der Waals surface area contributed by atoms with Crippen LogP contribution < -0.4 is 5.32 Å². The van der Waals surface area contributed by atoms with E-state index < -0.39 is 18.2 Å². The molecule has 0 aliphatic carbocycles. The third kappa shape index (κ3) is 46.4. The summed E-state index contributed by atoms with van der Waals surface area (Å²) < 4.78 is 0. The highest BCUT2D eigenvalue weighted by Crippen LogP contribution is 2.18. The summed E-state index contributed by atoms with van der Waals surface area (Å²) in [6.07, 6.45) is 61.0. The molecule has 1 amide bonds. The summed E-state index contributed by atoms with van der Waals surface area (Å²) in [5, 5.41) is 33.4. The van der Waals surface area contributed by atoms with Crippen molar-refractivity contribution in [2.24, 2.45) is 0 Å². The molecule has 352 valence electrons. The third-order valence-electron chi connectivity index (χ3n) is 12.8. The normalized spacial score (nSPS) is 13.4. The summed E-state index contributed by atoms with van der Waals surface area (Å²) in [5.41, 5.74) is 0. The highest BCUT2D eigenvalue weighted by atomic mass is 16.3. The van der Waals surface area contributed by atoms with Crippen molar-refractivity contribution in [2.75, 3.05) is 6.61 Å². The van der Waals surface area contributed by atoms with Gasteiger partial charge in [-0.2, -0.15) is 0 Å². The number of aliphatic hydroxyl groups is 3. The molecule has 5 nitrogen and oxygen atoms in total. The molecule has 0 aliphatic rings. The predicted molar refractivity (Wildman–Crippen MR) is 259 cm³/mol. The second-order valence-corrected chi connectivity index (χ2v) is 18.9. The maximum atomic E-state index is 12.5. The van der Waals surface area contributed by atoms with Crippen molar-refractivity contribution < 1.29 is 20.1 Å². The number of unbranched alkanes of at least 4 members (excludes halogenated alkanes) is 41. The number of hydrogen-bond acceptors (Lipinski definition) is 4. The zero-order chi connectivity index (χ0) is 43.0. The highest BCUT2D eigenvalue weighted by molar-refractivity contribution is 5.76. The first-order chi connectivity index (χ1) is 29.0. The lowest BCUT2D eigenvalue weighted by Gasteiger charge is -2.21. The van der Waals surface area contributed by atoms with E-state index in [0.29, 0.717) is 6.42 Å². The predicted octanol–water partition coefficient (Wildman–Crippen LogP) is 16.3. The van der Waals surface area contributed by atoms with Gasteiger partial charge in [0.05, 0.1) is 31.3 Å². The fourth-order valence-electron chi connectivity index (χ4n) is 8.70. The maximum Gasteiger partial charge on any atom is 0.222 e. The van der Waals surface area contributed by atoms with E-state index in [1.165, 1.54) is 250 Å². The molecule has 0 heterocycles. The molecule has 0 rings (SSSR count). The minimum absolute atomic E-state index is 0.0194. The first-order valence-corrected chi connectivity index (χ1v) is 27.0. The van der Waals surface area contributed by atoms with Crippen molar-refractivity contribution >= 4 is 5.91 Å². The number of rotatable bonds is 50. The van der Waals surface area contributed by atoms with Crippen LogP contribution in [0.1, 0.15) is 303 Å². The summed E-state index contributed by atoms with van der Waals surface area (Å²) in [6, 6.07) is -0.741. The topological polar surface area (TPSA) is 89.8 Å². The molecular formula is C54H107NO4. The van der Waals surface area contributed by atoms with Crippen LogP contribution in [0.15, 0.2) is 12.2 Å². The Kier molecular flexibility index (Phi) is 49.0. The fraction of sp³-hybridized carbons (Fsp3) is 0.944. The van der Waals surface area contributed by atoms with Gasteiger partial charge in [0.15, 0.2) is 0 Å². The Morgan fingerprint density at radius 3 is 0.983 bits per heavy atom. The number of nitrogens with one attached hydrogen (secondary N) is 1. The molecule has 0 saturated heterocycles. The Morgan fingerprint density at radius 1 is 0.424 bits per heavy atom. The molecule has 5 heteroatoms. The molecule has 0 fully saturated rings. The van der Waals surface area contributed by atoms with Crippen molar-refractivity contribution in [1.82, 2.24) is 5.32 Å². The lowest BCUT2D eigenvalue weighted by Crippen LogP contribution is -2.45. The summed E-state index contributed by atoms with van der Waals surface area (Å²) in [4.78, 5) is 12.5. The summed E-state index contributed by atoms with van der Waals surface area (Å²) in [5.74, 6) is -0.308. The van der Waals surface area contributed by atoms with E-state index in [4.69, 9.17) is 0 Å². The van der Waals surface area contributed by atoms with E-state index >= 15 is 0 Å². The average Bonchev–Trinajstić information content (AvgIpc) is 3.23. The van der Waals surface area contributed by atoms with Crippen LogP contribution in [0.25, 0.3) is 0 Å². The minimum Gasteiger partial charge on any atom is -0.394 e. The fourth-order valence-corrected chi connectivity index (χ4v) is 8.70. The third-order valence-corrected chi connectivity index (χ3v) is 12.8. The van der Waals surface area contributed by atoms with E-state index in [2.05, 4.69) is 19.2 Å². The second-order valence-electron chi connectivity index (χ2n) is 18.9. The minimum atomic E-state index is -0.926. The average molecular weight is 834 g/mol. The molecule has 0 saturated carbocycles. The SMILES string of the molecule is CCCCCCCCCCCCCCCCCCCCCC/C=C/C(O)C(CO)NC(=O)CC(O)CCCCCCCCCCCCCCCCCCCCCCCC. The van der Waals surface area contributed by atoms with Gasteiger partial charge in [0, 0.05) is 0 Å². The van der Waals surface area contributed by atoms with Crippen LogP contribution in [0.2, 0.25) is 0 Å². The van der Waals surface area contributed by atoms with Gasteiger partial charge in [0.1, 0.15) is 0 Å². The molecule has 3 atom stereocenters. The molecule has 0 aromatic heterocycles. The highest BCUT2D eigenvalue weighted by Gasteiger charge is 2.20. The summed E-state index contributed by atoms with van der Waals surface area (Å²) >= 11 is 0. The maximum absolute atomic E-state index is 12.5. The Labute approximate surface area is 369 Å². The van der Waals surface area contributed by atoms with Crippen LogP contribution in [-0.2, 0) is 4.79 Å². The summed E-state index contributed by atoms with van der Waals surface area (Å²) in [6.45, 7) is 4.25. The molecule has 0 aromatic rings. The number of allylic oxidation sites excluding steroid dienone is 1. The standard InChI is InChI=1S/C54H107NO4/c1-3-5-7-9-11-13-15-17-19-21-23-25-27-29-31-33-35-37-39-41-43-45-47-51(57)49-54(59)55-52(50-56)53(58)48-46-44-42-40-38-36-34-32-30-28-26-24-22-20-18-16-14-12-10-8-6-4-2/h46,48,51-53,56-58H,3-45,47,49-50H2,1-2H3,(H,55,59)/b48-46+. The van der Waals surface area contributed by atoms with Gasteiger partial charge < -0.3 is 20.6 Å². The van der Waals surface area contributed by atoms with Gasteiger partial charge in [-0.25, -0.2) is 0 Å². The van der Waals surface area contributed by atoms with Gasteiger partial charge in [-0.1, -0.05) is 289 Å². The van der Waals surface area contributed by atoms with Crippen molar-refractivity contribution in [2.45, 2.75) is 321 Å². The molecule has 0 bridgehead atoms. The zero-order valence-corrected chi connectivity index (χ0v) is 40.2. The van der Waals surface area contributed by atoms with Crippen molar-refractivity contribution in [3.63, 3.8) is 0 Å². The first-order valence-electron chi connectivity index (χ1n) is 27.0. The first kappa shape index (κ1) is 58.1. The van der Waals surface area contributed by atoms with Crippen molar-refractivity contribution in [3.8, 4) is 0 Å². The largest absolute Gasteiger partial charge is 0.394 e. The van der Waals surface area contributed by atoms with Gasteiger partial charge in [0.25, 0.3) is 0 Å². The molecule has 4 N–H and O–H groups in total. The molecule has 0 aliphatic heterocycles. The molecular weight excluding hydrogens is 727 g/mol. The number of carbonyl (C=O) groups excluding carboxylic acids is 1.